The smallest absolute Gasteiger partial charge is 0.416 e. The minimum absolute atomic E-state index is 0.114. The number of aromatic carboxylic acids is 1. The zero-order valence-electron chi connectivity index (χ0n) is 10.7. The number of carbonyl (C=O) groups is 2. The second-order valence-corrected chi connectivity index (χ2v) is 5.76. The first kappa shape index (κ1) is 15.7. The fourth-order valence-electron chi connectivity index (χ4n) is 1.98. The topological polar surface area (TPSA) is 66.4 Å². The van der Waals surface area contributed by atoms with Gasteiger partial charge in [-0.2, -0.15) is 24.9 Å². The summed E-state index contributed by atoms with van der Waals surface area (Å²) in [5.74, 6) is -0.635. The molecule has 0 saturated carbocycles. The predicted molar refractivity (Wildman–Crippen MR) is 72.5 cm³/mol. The zero-order valence-corrected chi connectivity index (χ0v) is 11.6. The van der Waals surface area contributed by atoms with Crippen LogP contribution in [0.5, 0.6) is 0 Å². The van der Waals surface area contributed by atoms with E-state index < -0.39 is 23.3 Å². The van der Waals surface area contributed by atoms with Crippen molar-refractivity contribution in [3.63, 3.8) is 0 Å². The van der Waals surface area contributed by atoms with Gasteiger partial charge in [0, 0.05) is 11.7 Å². The number of carboxylic acid groups (broad SMARTS) is 1. The van der Waals surface area contributed by atoms with E-state index in [1.54, 1.807) is 11.8 Å². The lowest BCUT2D eigenvalue weighted by atomic mass is 10.1. The van der Waals surface area contributed by atoms with Crippen molar-refractivity contribution >= 4 is 29.3 Å². The minimum atomic E-state index is -4.63. The third-order valence-electron chi connectivity index (χ3n) is 3.14. The van der Waals surface area contributed by atoms with Crippen LogP contribution >= 0.6 is 11.8 Å². The molecule has 1 fully saturated rings. The van der Waals surface area contributed by atoms with E-state index >= 15 is 0 Å². The van der Waals surface area contributed by atoms with Gasteiger partial charge in [-0.05, 0) is 30.4 Å². The Labute approximate surface area is 122 Å². The third kappa shape index (κ3) is 3.69. The van der Waals surface area contributed by atoms with Crippen LogP contribution in [0.2, 0.25) is 0 Å². The molecule has 21 heavy (non-hydrogen) atoms. The average Bonchev–Trinajstić information content (AvgIpc) is 2.91. The van der Waals surface area contributed by atoms with Gasteiger partial charge in [-0.15, -0.1) is 0 Å². The molecule has 0 aromatic heterocycles. The van der Waals surface area contributed by atoms with Crippen LogP contribution in [-0.2, 0) is 11.0 Å². The number of nitrogens with one attached hydrogen (secondary N) is 1. The standard InChI is InChI=1S/C13H12F3NO3S/c14-13(15,16)8-1-2-10(9(5-8)12(19)20)17-11(18)7-3-4-21-6-7/h1-2,5,7H,3-4,6H2,(H,17,18)(H,19,20). The Morgan fingerprint density at radius 3 is 2.57 bits per heavy atom. The van der Waals surface area contributed by atoms with Gasteiger partial charge < -0.3 is 10.4 Å². The Hall–Kier alpha value is -1.70. The fraction of sp³-hybridized carbons (Fsp3) is 0.385. The minimum Gasteiger partial charge on any atom is -0.478 e. The summed E-state index contributed by atoms with van der Waals surface area (Å²) in [4.78, 5) is 23.0. The molecule has 1 saturated heterocycles. The molecule has 114 valence electrons. The highest BCUT2D eigenvalue weighted by Crippen LogP contribution is 2.32. The second kappa shape index (κ2) is 5.97. The first-order valence-electron chi connectivity index (χ1n) is 6.12. The summed E-state index contributed by atoms with van der Waals surface area (Å²) in [6.07, 6.45) is -3.95. The fourth-order valence-corrected chi connectivity index (χ4v) is 3.20. The third-order valence-corrected chi connectivity index (χ3v) is 4.30. The molecule has 0 bridgehead atoms. The Morgan fingerprint density at radius 2 is 2.05 bits per heavy atom. The molecule has 0 spiro atoms. The van der Waals surface area contributed by atoms with Crippen LogP contribution in [0.4, 0.5) is 18.9 Å². The van der Waals surface area contributed by atoms with Gasteiger partial charge in [0.1, 0.15) is 0 Å². The van der Waals surface area contributed by atoms with Crippen molar-refractivity contribution in [1.82, 2.24) is 0 Å². The number of rotatable bonds is 3. The number of amides is 1. The lowest BCUT2D eigenvalue weighted by Gasteiger charge is -2.14. The molecule has 1 aromatic carbocycles. The molecule has 1 aliphatic rings. The van der Waals surface area contributed by atoms with Crippen molar-refractivity contribution in [2.75, 3.05) is 16.8 Å². The maximum absolute atomic E-state index is 12.6. The van der Waals surface area contributed by atoms with Gasteiger partial charge >= 0.3 is 12.1 Å². The van der Waals surface area contributed by atoms with Crippen LogP contribution in [0.3, 0.4) is 0 Å². The largest absolute Gasteiger partial charge is 0.478 e. The van der Waals surface area contributed by atoms with E-state index in [9.17, 15) is 22.8 Å². The molecule has 2 rings (SSSR count). The van der Waals surface area contributed by atoms with Crippen LogP contribution in [0.15, 0.2) is 18.2 Å². The van der Waals surface area contributed by atoms with E-state index in [0.717, 1.165) is 17.9 Å². The zero-order chi connectivity index (χ0) is 15.6. The lowest BCUT2D eigenvalue weighted by molar-refractivity contribution is -0.137. The van der Waals surface area contributed by atoms with E-state index in [0.29, 0.717) is 18.2 Å². The van der Waals surface area contributed by atoms with E-state index in [1.807, 2.05) is 0 Å². The summed E-state index contributed by atoms with van der Waals surface area (Å²) >= 11 is 1.61. The van der Waals surface area contributed by atoms with Crippen LogP contribution < -0.4 is 5.32 Å². The summed E-state index contributed by atoms with van der Waals surface area (Å²) in [5, 5.41) is 11.4. The van der Waals surface area contributed by atoms with E-state index in [1.165, 1.54) is 0 Å². The van der Waals surface area contributed by atoms with E-state index in [2.05, 4.69) is 5.32 Å². The van der Waals surface area contributed by atoms with Crippen LogP contribution in [0, 0.1) is 5.92 Å². The van der Waals surface area contributed by atoms with Gasteiger partial charge in [0.25, 0.3) is 0 Å². The SMILES string of the molecule is O=C(O)c1cc(C(F)(F)F)ccc1NC(=O)C1CCSC1. The number of hydrogen-bond donors (Lipinski definition) is 2. The number of alkyl halides is 3. The van der Waals surface area contributed by atoms with Crippen molar-refractivity contribution in [3.05, 3.63) is 29.3 Å². The summed E-state index contributed by atoms with van der Waals surface area (Å²) in [6, 6.07) is 2.26. The first-order chi connectivity index (χ1) is 9.79. The molecule has 1 aliphatic heterocycles. The van der Waals surface area contributed by atoms with Crippen molar-refractivity contribution in [2.24, 2.45) is 5.92 Å². The van der Waals surface area contributed by atoms with E-state index in [4.69, 9.17) is 5.11 Å². The number of thioether (sulfide) groups is 1. The Kier molecular flexibility index (Phi) is 4.46. The molecule has 0 aliphatic carbocycles. The normalized spacial score (nSPS) is 18.5. The van der Waals surface area contributed by atoms with Gasteiger partial charge in [0.05, 0.1) is 16.8 Å². The molecule has 1 atom stereocenters. The summed E-state index contributed by atoms with van der Waals surface area (Å²) < 4.78 is 37.8. The van der Waals surface area contributed by atoms with Crippen LogP contribution in [-0.4, -0.2) is 28.5 Å². The number of benzene rings is 1. The highest BCUT2D eigenvalue weighted by atomic mass is 32.2. The quantitative estimate of drug-likeness (QED) is 0.898. The summed E-state index contributed by atoms with van der Waals surface area (Å²) in [6.45, 7) is 0. The molecule has 0 radical (unpaired) electrons. The number of anilines is 1. The molecule has 1 amide bonds. The molecular weight excluding hydrogens is 307 g/mol. The molecule has 1 unspecified atom stereocenters. The predicted octanol–water partition coefficient (Wildman–Crippen LogP) is 3.10. The summed E-state index contributed by atoms with van der Waals surface area (Å²) in [7, 11) is 0. The van der Waals surface area contributed by atoms with Gasteiger partial charge in [-0.1, -0.05) is 0 Å². The molecule has 1 aromatic rings. The average molecular weight is 319 g/mol. The Bertz CT molecular complexity index is 568. The Balaban J connectivity index is 2.26. The highest BCUT2D eigenvalue weighted by molar-refractivity contribution is 7.99. The summed E-state index contributed by atoms with van der Waals surface area (Å²) in [5.41, 5.74) is -1.74. The van der Waals surface area contributed by atoms with Crippen molar-refractivity contribution < 1.29 is 27.9 Å². The van der Waals surface area contributed by atoms with Gasteiger partial charge in [-0.3, -0.25) is 4.79 Å². The lowest BCUT2D eigenvalue weighted by Crippen LogP contribution is -2.23. The molecule has 1 heterocycles. The number of carbonyl (C=O) groups excluding carboxylic acids is 1. The number of halogens is 3. The van der Waals surface area contributed by atoms with Crippen molar-refractivity contribution in [2.45, 2.75) is 12.6 Å². The molecular formula is C13H12F3NO3S. The van der Waals surface area contributed by atoms with Gasteiger partial charge in [0.2, 0.25) is 5.91 Å². The van der Waals surface area contributed by atoms with Crippen LogP contribution in [0.1, 0.15) is 22.3 Å². The molecule has 4 nitrogen and oxygen atoms in total. The molecule has 2 N–H and O–H groups in total. The van der Waals surface area contributed by atoms with Gasteiger partial charge in [0.15, 0.2) is 0 Å². The maximum Gasteiger partial charge on any atom is 0.416 e. The van der Waals surface area contributed by atoms with Crippen molar-refractivity contribution in [1.29, 1.82) is 0 Å². The first-order valence-corrected chi connectivity index (χ1v) is 7.27. The van der Waals surface area contributed by atoms with Crippen molar-refractivity contribution in [3.8, 4) is 0 Å². The monoisotopic (exact) mass is 319 g/mol. The number of carboxylic acids is 1. The maximum atomic E-state index is 12.6. The molecule has 8 heteroatoms. The van der Waals surface area contributed by atoms with Crippen LogP contribution in [0.25, 0.3) is 0 Å². The second-order valence-electron chi connectivity index (χ2n) is 4.61. The Morgan fingerprint density at radius 1 is 1.33 bits per heavy atom. The number of hydrogen-bond acceptors (Lipinski definition) is 3. The highest BCUT2D eigenvalue weighted by Gasteiger charge is 2.32. The van der Waals surface area contributed by atoms with Gasteiger partial charge in [-0.25, -0.2) is 4.79 Å². The van der Waals surface area contributed by atoms with E-state index in [-0.39, 0.29) is 17.5 Å².